The van der Waals surface area contributed by atoms with E-state index >= 15 is 0 Å². The zero-order chi connectivity index (χ0) is 14.0. The lowest BCUT2D eigenvalue weighted by atomic mass is 10.1. The van der Waals surface area contributed by atoms with Crippen LogP contribution in [0.2, 0.25) is 0 Å². The number of hydrogen-bond donors (Lipinski definition) is 2. The number of nitrogens with one attached hydrogen (secondary N) is 1. The van der Waals surface area contributed by atoms with E-state index in [2.05, 4.69) is 9.97 Å². The standard InChI is InChI=1S/C13H16N4O2/c1-3-10(14)13-15-7-11(16-13)9-5-4-8(2)12(6-9)17(18)19/h4-7,10H,3,14H2,1-2H3,(H,15,16). The molecule has 0 saturated carbocycles. The molecule has 6 heteroatoms. The zero-order valence-corrected chi connectivity index (χ0v) is 10.9. The van der Waals surface area contributed by atoms with Gasteiger partial charge in [-0.3, -0.25) is 10.1 Å². The molecule has 0 radical (unpaired) electrons. The summed E-state index contributed by atoms with van der Waals surface area (Å²) in [5, 5.41) is 10.9. The molecule has 2 aromatic rings. The van der Waals surface area contributed by atoms with Crippen molar-refractivity contribution in [1.29, 1.82) is 0 Å². The van der Waals surface area contributed by atoms with Crippen molar-refractivity contribution < 1.29 is 4.92 Å². The molecule has 1 atom stereocenters. The van der Waals surface area contributed by atoms with Gasteiger partial charge in [0, 0.05) is 17.2 Å². The number of imidazole rings is 1. The first-order valence-electron chi connectivity index (χ1n) is 6.08. The number of aromatic nitrogens is 2. The molecule has 0 bridgehead atoms. The van der Waals surface area contributed by atoms with Crippen molar-refractivity contribution in [3.05, 3.63) is 45.9 Å². The third kappa shape index (κ3) is 2.63. The first-order chi connectivity index (χ1) is 9.02. The molecule has 0 spiro atoms. The third-order valence-electron chi connectivity index (χ3n) is 3.10. The Morgan fingerprint density at radius 1 is 1.53 bits per heavy atom. The number of aromatic amines is 1. The van der Waals surface area contributed by atoms with Crippen LogP contribution in [0.4, 0.5) is 5.69 Å². The van der Waals surface area contributed by atoms with E-state index in [-0.39, 0.29) is 16.7 Å². The molecule has 6 nitrogen and oxygen atoms in total. The van der Waals surface area contributed by atoms with Gasteiger partial charge < -0.3 is 10.7 Å². The average Bonchev–Trinajstić information content (AvgIpc) is 2.87. The Balaban J connectivity index is 2.39. The van der Waals surface area contributed by atoms with Gasteiger partial charge in [0.05, 0.1) is 22.9 Å². The summed E-state index contributed by atoms with van der Waals surface area (Å²) in [6.45, 7) is 3.69. The summed E-state index contributed by atoms with van der Waals surface area (Å²) in [6, 6.07) is 4.96. The highest BCUT2D eigenvalue weighted by Gasteiger charge is 2.14. The number of rotatable bonds is 4. The lowest BCUT2D eigenvalue weighted by Gasteiger charge is -2.04. The number of H-pyrrole nitrogens is 1. The average molecular weight is 260 g/mol. The summed E-state index contributed by atoms with van der Waals surface area (Å²) in [6.07, 6.45) is 2.43. The van der Waals surface area contributed by atoms with Gasteiger partial charge in [0.25, 0.3) is 5.69 Å². The predicted octanol–water partition coefficient (Wildman–Crippen LogP) is 2.70. The van der Waals surface area contributed by atoms with Crippen LogP contribution in [-0.2, 0) is 0 Å². The van der Waals surface area contributed by atoms with Crippen LogP contribution in [0.3, 0.4) is 0 Å². The fourth-order valence-electron chi connectivity index (χ4n) is 1.84. The summed E-state index contributed by atoms with van der Waals surface area (Å²) in [5.74, 6) is 0.695. The van der Waals surface area contributed by atoms with Gasteiger partial charge in [-0.05, 0) is 13.3 Å². The Labute approximate surface area is 110 Å². The van der Waals surface area contributed by atoms with Crippen LogP contribution in [-0.4, -0.2) is 14.9 Å². The first-order valence-corrected chi connectivity index (χ1v) is 6.08. The van der Waals surface area contributed by atoms with Crippen LogP contribution in [0.1, 0.15) is 30.8 Å². The van der Waals surface area contributed by atoms with Gasteiger partial charge in [0.2, 0.25) is 0 Å². The van der Waals surface area contributed by atoms with Crippen molar-refractivity contribution in [1.82, 2.24) is 9.97 Å². The molecule has 0 saturated heterocycles. The molecular weight excluding hydrogens is 244 g/mol. The van der Waals surface area contributed by atoms with Crippen molar-refractivity contribution in [3.63, 3.8) is 0 Å². The Kier molecular flexibility index (Phi) is 3.62. The number of nitro groups is 1. The smallest absolute Gasteiger partial charge is 0.272 e. The minimum Gasteiger partial charge on any atom is -0.341 e. The molecule has 1 heterocycles. The van der Waals surface area contributed by atoms with Crippen molar-refractivity contribution in [3.8, 4) is 11.3 Å². The van der Waals surface area contributed by atoms with Crippen molar-refractivity contribution in [2.75, 3.05) is 0 Å². The molecule has 100 valence electrons. The van der Waals surface area contributed by atoms with Crippen molar-refractivity contribution in [2.45, 2.75) is 26.3 Å². The normalized spacial score (nSPS) is 12.4. The lowest BCUT2D eigenvalue weighted by molar-refractivity contribution is -0.385. The van der Waals surface area contributed by atoms with E-state index in [1.54, 1.807) is 25.3 Å². The van der Waals surface area contributed by atoms with Gasteiger partial charge in [-0.2, -0.15) is 0 Å². The minimum absolute atomic E-state index is 0.105. The zero-order valence-electron chi connectivity index (χ0n) is 10.9. The second-order valence-electron chi connectivity index (χ2n) is 4.46. The molecule has 0 amide bonds. The SMILES string of the molecule is CCC(N)c1ncc(-c2ccc(C)c([N+](=O)[O-])c2)[nH]1. The van der Waals surface area contributed by atoms with Crippen LogP contribution in [0.25, 0.3) is 11.3 Å². The Morgan fingerprint density at radius 3 is 2.89 bits per heavy atom. The Bertz CT molecular complexity index is 606. The summed E-state index contributed by atoms with van der Waals surface area (Å²) in [4.78, 5) is 17.9. The molecule has 19 heavy (non-hydrogen) atoms. The van der Waals surface area contributed by atoms with E-state index in [0.717, 1.165) is 17.7 Å². The van der Waals surface area contributed by atoms with Gasteiger partial charge in [-0.1, -0.05) is 19.1 Å². The maximum absolute atomic E-state index is 10.9. The minimum atomic E-state index is -0.381. The summed E-state index contributed by atoms with van der Waals surface area (Å²) in [7, 11) is 0. The predicted molar refractivity (Wildman–Crippen MR) is 72.6 cm³/mol. The Hall–Kier alpha value is -2.21. The summed E-state index contributed by atoms with van der Waals surface area (Å²) >= 11 is 0. The lowest BCUT2D eigenvalue weighted by Crippen LogP contribution is -2.10. The second kappa shape index (κ2) is 5.19. The van der Waals surface area contributed by atoms with E-state index in [4.69, 9.17) is 5.73 Å². The second-order valence-corrected chi connectivity index (χ2v) is 4.46. The molecule has 0 fully saturated rings. The van der Waals surface area contributed by atoms with Crippen LogP contribution >= 0.6 is 0 Å². The number of nitrogens with two attached hydrogens (primary N) is 1. The molecule has 3 N–H and O–H groups in total. The molecule has 1 aromatic heterocycles. The molecule has 1 aromatic carbocycles. The van der Waals surface area contributed by atoms with Crippen LogP contribution in [0.15, 0.2) is 24.4 Å². The maximum Gasteiger partial charge on any atom is 0.272 e. The quantitative estimate of drug-likeness (QED) is 0.652. The van der Waals surface area contributed by atoms with E-state index in [9.17, 15) is 10.1 Å². The number of hydrogen-bond acceptors (Lipinski definition) is 4. The number of benzene rings is 1. The molecule has 0 aliphatic rings. The van der Waals surface area contributed by atoms with E-state index in [1.165, 1.54) is 0 Å². The highest BCUT2D eigenvalue weighted by molar-refractivity contribution is 5.63. The van der Waals surface area contributed by atoms with E-state index in [0.29, 0.717) is 11.4 Å². The van der Waals surface area contributed by atoms with Crippen molar-refractivity contribution in [2.24, 2.45) is 5.73 Å². The van der Waals surface area contributed by atoms with Gasteiger partial charge >= 0.3 is 0 Å². The van der Waals surface area contributed by atoms with E-state index < -0.39 is 0 Å². The molecule has 0 aliphatic carbocycles. The van der Waals surface area contributed by atoms with Gasteiger partial charge in [0.15, 0.2) is 0 Å². The largest absolute Gasteiger partial charge is 0.341 e. The van der Waals surface area contributed by atoms with Crippen LogP contribution in [0, 0.1) is 17.0 Å². The van der Waals surface area contributed by atoms with Gasteiger partial charge in [0.1, 0.15) is 5.82 Å². The molecule has 2 rings (SSSR count). The van der Waals surface area contributed by atoms with Crippen molar-refractivity contribution >= 4 is 5.69 Å². The monoisotopic (exact) mass is 260 g/mol. The number of nitrogens with zero attached hydrogens (tertiary/aromatic N) is 2. The summed E-state index contributed by atoms with van der Waals surface area (Å²) < 4.78 is 0. The fraction of sp³-hybridized carbons (Fsp3) is 0.308. The third-order valence-corrected chi connectivity index (χ3v) is 3.10. The fourth-order valence-corrected chi connectivity index (χ4v) is 1.84. The maximum atomic E-state index is 10.9. The first kappa shape index (κ1) is 13.2. The van der Waals surface area contributed by atoms with Gasteiger partial charge in [-0.15, -0.1) is 0 Å². The van der Waals surface area contributed by atoms with Crippen LogP contribution in [0.5, 0.6) is 0 Å². The topological polar surface area (TPSA) is 97.8 Å². The molecule has 0 aliphatic heterocycles. The molecular formula is C13H16N4O2. The summed E-state index contributed by atoms with van der Waals surface area (Å²) in [5.41, 5.74) is 8.10. The number of aryl methyl sites for hydroxylation is 1. The highest BCUT2D eigenvalue weighted by atomic mass is 16.6. The van der Waals surface area contributed by atoms with Gasteiger partial charge in [-0.25, -0.2) is 4.98 Å². The highest BCUT2D eigenvalue weighted by Crippen LogP contribution is 2.26. The molecule has 1 unspecified atom stereocenters. The Morgan fingerprint density at radius 2 is 2.26 bits per heavy atom. The van der Waals surface area contributed by atoms with E-state index in [1.807, 2.05) is 13.0 Å². The van der Waals surface area contributed by atoms with Crippen LogP contribution < -0.4 is 5.73 Å². The number of nitro benzene ring substituents is 1.